The second-order valence-electron chi connectivity index (χ2n) is 5.23. The molecular weight excluding hydrogens is 290 g/mol. The zero-order chi connectivity index (χ0) is 16.8. The molecule has 0 spiro atoms. The average Bonchev–Trinajstić information content (AvgIpc) is 2.55. The van der Waals surface area contributed by atoms with E-state index in [2.05, 4.69) is 5.32 Å². The molecule has 0 aliphatic rings. The molecule has 5 nitrogen and oxygen atoms in total. The molecule has 0 saturated heterocycles. The molecule has 0 fully saturated rings. The van der Waals surface area contributed by atoms with Gasteiger partial charge in [-0.2, -0.15) is 0 Å². The summed E-state index contributed by atoms with van der Waals surface area (Å²) in [6, 6.07) is 16.2. The number of amides is 2. The summed E-state index contributed by atoms with van der Waals surface area (Å²) in [7, 11) is 3.89. The van der Waals surface area contributed by atoms with E-state index < -0.39 is 5.91 Å². The van der Waals surface area contributed by atoms with E-state index in [1.807, 2.05) is 49.3 Å². The standard InChI is InChI=1S/C18H19N3O2/c1-21(2)15-10-8-13(9-11-15)12-16(17(19)22)20-18(23)14-6-4-3-5-7-14/h3-12H,1-2H3,(H2,19,22)(H,20,23)/b16-12-. The molecule has 0 unspecified atom stereocenters. The Morgan fingerprint density at radius 3 is 2.13 bits per heavy atom. The van der Waals surface area contributed by atoms with E-state index in [9.17, 15) is 9.59 Å². The molecule has 2 aromatic carbocycles. The number of hydrogen-bond donors (Lipinski definition) is 2. The minimum Gasteiger partial charge on any atom is -0.378 e. The van der Waals surface area contributed by atoms with E-state index in [-0.39, 0.29) is 11.6 Å². The SMILES string of the molecule is CN(C)c1ccc(/C=C(\NC(=O)c2ccccc2)C(N)=O)cc1. The van der Waals surface area contributed by atoms with Gasteiger partial charge in [0.1, 0.15) is 5.70 Å². The first-order chi connectivity index (χ1) is 11.0. The second kappa shape index (κ2) is 7.26. The van der Waals surface area contributed by atoms with Crippen molar-refractivity contribution >= 4 is 23.6 Å². The summed E-state index contributed by atoms with van der Waals surface area (Å²) in [5, 5.41) is 2.56. The fourth-order valence-electron chi connectivity index (χ4n) is 1.99. The quantitative estimate of drug-likeness (QED) is 0.830. The van der Waals surface area contributed by atoms with Crippen LogP contribution < -0.4 is 16.0 Å². The largest absolute Gasteiger partial charge is 0.378 e. The molecule has 3 N–H and O–H groups in total. The van der Waals surface area contributed by atoms with Crippen LogP contribution in [0.25, 0.3) is 6.08 Å². The van der Waals surface area contributed by atoms with Crippen molar-refractivity contribution in [1.82, 2.24) is 5.32 Å². The summed E-state index contributed by atoms with van der Waals surface area (Å²) in [4.78, 5) is 25.7. The third-order valence-electron chi connectivity index (χ3n) is 3.27. The summed E-state index contributed by atoms with van der Waals surface area (Å²) < 4.78 is 0. The monoisotopic (exact) mass is 309 g/mol. The number of rotatable bonds is 5. The van der Waals surface area contributed by atoms with E-state index in [1.165, 1.54) is 0 Å². The molecule has 0 atom stereocenters. The molecule has 2 aromatic rings. The number of nitrogens with one attached hydrogen (secondary N) is 1. The number of primary amides is 1. The molecule has 2 rings (SSSR count). The summed E-state index contributed by atoms with van der Waals surface area (Å²) >= 11 is 0. The van der Waals surface area contributed by atoms with E-state index in [0.29, 0.717) is 5.56 Å². The topological polar surface area (TPSA) is 75.4 Å². The molecule has 0 radical (unpaired) electrons. The highest BCUT2D eigenvalue weighted by Crippen LogP contribution is 2.14. The zero-order valence-electron chi connectivity index (χ0n) is 13.1. The minimum atomic E-state index is -0.689. The van der Waals surface area contributed by atoms with Gasteiger partial charge in [-0.25, -0.2) is 0 Å². The van der Waals surface area contributed by atoms with Crippen LogP contribution in [0.15, 0.2) is 60.3 Å². The van der Waals surface area contributed by atoms with Crippen LogP contribution in [0.5, 0.6) is 0 Å². The van der Waals surface area contributed by atoms with Crippen molar-refractivity contribution in [3.05, 3.63) is 71.4 Å². The predicted molar refractivity (Wildman–Crippen MR) is 91.8 cm³/mol. The van der Waals surface area contributed by atoms with Crippen molar-refractivity contribution in [3.63, 3.8) is 0 Å². The van der Waals surface area contributed by atoms with Gasteiger partial charge in [-0.15, -0.1) is 0 Å². The van der Waals surface area contributed by atoms with Gasteiger partial charge in [0.2, 0.25) is 0 Å². The first-order valence-electron chi connectivity index (χ1n) is 7.12. The van der Waals surface area contributed by atoms with Gasteiger partial charge >= 0.3 is 0 Å². The van der Waals surface area contributed by atoms with E-state index in [4.69, 9.17) is 5.73 Å². The Kier molecular flexibility index (Phi) is 5.15. The van der Waals surface area contributed by atoms with Crippen molar-refractivity contribution in [3.8, 4) is 0 Å². The number of anilines is 1. The molecule has 23 heavy (non-hydrogen) atoms. The van der Waals surface area contributed by atoms with Crippen LogP contribution >= 0.6 is 0 Å². The number of carbonyl (C=O) groups is 2. The van der Waals surface area contributed by atoms with Crippen LogP contribution in [0, 0.1) is 0 Å². The van der Waals surface area contributed by atoms with Crippen molar-refractivity contribution in [2.24, 2.45) is 5.73 Å². The maximum atomic E-state index is 12.1. The summed E-state index contributed by atoms with van der Waals surface area (Å²) in [6.45, 7) is 0. The molecule has 0 saturated carbocycles. The number of nitrogens with zero attached hydrogens (tertiary/aromatic N) is 1. The van der Waals surface area contributed by atoms with Crippen LogP contribution in [0.2, 0.25) is 0 Å². The van der Waals surface area contributed by atoms with Crippen molar-refractivity contribution in [2.45, 2.75) is 0 Å². The maximum Gasteiger partial charge on any atom is 0.265 e. The summed E-state index contributed by atoms with van der Waals surface area (Å²) in [6.07, 6.45) is 1.56. The Labute approximate surface area is 135 Å². The number of nitrogens with two attached hydrogens (primary N) is 1. The van der Waals surface area contributed by atoms with E-state index in [0.717, 1.165) is 11.3 Å². The Balaban J connectivity index is 2.21. The number of carbonyl (C=O) groups excluding carboxylic acids is 2. The first-order valence-corrected chi connectivity index (χ1v) is 7.12. The lowest BCUT2D eigenvalue weighted by Gasteiger charge is -2.12. The molecular formula is C18H19N3O2. The number of benzene rings is 2. The van der Waals surface area contributed by atoms with Gasteiger partial charge < -0.3 is 16.0 Å². The van der Waals surface area contributed by atoms with Crippen molar-refractivity contribution < 1.29 is 9.59 Å². The molecule has 0 heterocycles. The van der Waals surface area contributed by atoms with Gasteiger partial charge in [-0.3, -0.25) is 9.59 Å². The highest BCUT2D eigenvalue weighted by molar-refractivity contribution is 6.04. The average molecular weight is 309 g/mol. The second-order valence-corrected chi connectivity index (χ2v) is 5.23. The smallest absolute Gasteiger partial charge is 0.265 e. The van der Waals surface area contributed by atoms with Gasteiger partial charge in [0, 0.05) is 25.3 Å². The molecule has 5 heteroatoms. The minimum absolute atomic E-state index is 0.0523. The van der Waals surface area contributed by atoms with E-state index in [1.54, 1.807) is 30.3 Å². The molecule has 0 aliphatic carbocycles. The number of hydrogen-bond acceptors (Lipinski definition) is 3. The van der Waals surface area contributed by atoms with Crippen molar-refractivity contribution in [1.29, 1.82) is 0 Å². The molecule has 118 valence electrons. The highest BCUT2D eigenvalue weighted by Gasteiger charge is 2.11. The maximum absolute atomic E-state index is 12.1. The van der Waals surface area contributed by atoms with Crippen molar-refractivity contribution in [2.75, 3.05) is 19.0 Å². The molecule has 0 aromatic heterocycles. The van der Waals surface area contributed by atoms with E-state index >= 15 is 0 Å². The van der Waals surface area contributed by atoms with Crippen LogP contribution in [-0.4, -0.2) is 25.9 Å². The van der Waals surface area contributed by atoms with Crippen LogP contribution in [0.3, 0.4) is 0 Å². The van der Waals surface area contributed by atoms with Crippen LogP contribution in [0.1, 0.15) is 15.9 Å². The first kappa shape index (κ1) is 16.3. The Morgan fingerprint density at radius 1 is 1.00 bits per heavy atom. The highest BCUT2D eigenvalue weighted by atomic mass is 16.2. The lowest BCUT2D eigenvalue weighted by atomic mass is 10.1. The lowest BCUT2D eigenvalue weighted by molar-refractivity contribution is -0.114. The lowest BCUT2D eigenvalue weighted by Crippen LogP contribution is -2.31. The van der Waals surface area contributed by atoms with Gasteiger partial charge in [0.25, 0.3) is 11.8 Å². The normalized spacial score (nSPS) is 11.0. The van der Waals surface area contributed by atoms with Gasteiger partial charge in [0.05, 0.1) is 0 Å². The van der Waals surface area contributed by atoms with Crippen LogP contribution in [0.4, 0.5) is 5.69 Å². The van der Waals surface area contributed by atoms with Gasteiger partial charge in [-0.1, -0.05) is 30.3 Å². The fraction of sp³-hybridized carbons (Fsp3) is 0.111. The Hall–Kier alpha value is -3.08. The Bertz CT molecular complexity index is 720. The van der Waals surface area contributed by atoms with Gasteiger partial charge in [0.15, 0.2) is 0 Å². The molecule has 0 aliphatic heterocycles. The predicted octanol–water partition coefficient (Wildman–Crippen LogP) is 2.01. The third kappa shape index (κ3) is 4.44. The van der Waals surface area contributed by atoms with Gasteiger partial charge in [-0.05, 0) is 35.9 Å². The molecule has 0 bridgehead atoms. The van der Waals surface area contributed by atoms with Crippen LogP contribution in [-0.2, 0) is 4.79 Å². The Morgan fingerprint density at radius 2 is 1.61 bits per heavy atom. The summed E-state index contributed by atoms with van der Waals surface area (Å²) in [5.74, 6) is -1.06. The zero-order valence-corrected chi connectivity index (χ0v) is 13.1. The fourth-order valence-corrected chi connectivity index (χ4v) is 1.99. The summed E-state index contributed by atoms with van der Waals surface area (Å²) in [5.41, 5.74) is 7.69. The third-order valence-corrected chi connectivity index (χ3v) is 3.27. The molecule has 2 amide bonds.